The van der Waals surface area contributed by atoms with Gasteiger partial charge in [0.2, 0.25) is 0 Å². The van der Waals surface area contributed by atoms with Crippen LogP contribution in [0.5, 0.6) is 0 Å². The molecule has 1 N–H and O–H groups in total. The summed E-state index contributed by atoms with van der Waals surface area (Å²) in [5, 5.41) is 10.6. The summed E-state index contributed by atoms with van der Waals surface area (Å²) >= 11 is 0. The molecule has 1 aromatic carbocycles. The number of benzene rings is 1. The van der Waals surface area contributed by atoms with Crippen molar-refractivity contribution in [2.24, 2.45) is 5.92 Å². The summed E-state index contributed by atoms with van der Waals surface area (Å²) in [6, 6.07) is 8.75. The average Bonchev–Trinajstić information content (AvgIpc) is 2.22. The molecule has 98 valence electrons. The van der Waals surface area contributed by atoms with E-state index in [9.17, 15) is 5.11 Å². The van der Waals surface area contributed by atoms with E-state index in [0.29, 0.717) is 0 Å². The smallest absolute Gasteiger partial charge is 0.0871 e. The fraction of sp³-hybridized carbons (Fsp3) is 0.647. The molecule has 1 unspecified atom stereocenters. The van der Waals surface area contributed by atoms with E-state index in [-0.39, 0.29) is 0 Å². The summed E-state index contributed by atoms with van der Waals surface area (Å²) in [6.07, 6.45) is 8.95. The van der Waals surface area contributed by atoms with Crippen LogP contribution in [0.15, 0.2) is 24.3 Å². The van der Waals surface area contributed by atoms with Crippen molar-refractivity contribution in [1.82, 2.24) is 0 Å². The first-order valence-corrected chi connectivity index (χ1v) is 7.48. The van der Waals surface area contributed by atoms with Gasteiger partial charge in [-0.25, -0.2) is 0 Å². The highest BCUT2D eigenvalue weighted by Crippen LogP contribution is 2.40. The second kappa shape index (κ2) is 4.70. The molecule has 0 amide bonds. The van der Waals surface area contributed by atoms with Crippen LogP contribution in [0, 0.1) is 5.92 Å². The summed E-state index contributed by atoms with van der Waals surface area (Å²) in [6.45, 7) is 1.98. The van der Waals surface area contributed by atoms with Gasteiger partial charge in [-0.05, 0) is 49.1 Å². The lowest BCUT2D eigenvalue weighted by molar-refractivity contribution is 0.0161. The van der Waals surface area contributed by atoms with E-state index in [0.717, 1.165) is 23.8 Å². The van der Waals surface area contributed by atoms with Crippen molar-refractivity contribution in [3.8, 4) is 0 Å². The van der Waals surface area contributed by atoms with Gasteiger partial charge in [-0.3, -0.25) is 0 Å². The molecule has 0 bridgehead atoms. The summed E-state index contributed by atoms with van der Waals surface area (Å²) < 4.78 is 0. The van der Waals surface area contributed by atoms with Crippen molar-refractivity contribution < 1.29 is 5.11 Å². The van der Waals surface area contributed by atoms with Gasteiger partial charge in [0, 0.05) is 0 Å². The van der Waals surface area contributed by atoms with Crippen LogP contribution in [0.3, 0.4) is 0 Å². The van der Waals surface area contributed by atoms with Crippen molar-refractivity contribution in [2.75, 3.05) is 0 Å². The van der Waals surface area contributed by atoms with E-state index in [1.165, 1.54) is 44.1 Å². The molecular weight excluding hydrogens is 220 g/mol. The third-order valence-electron chi connectivity index (χ3n) is 5.02. The predicted molar refractivity (Wildman–Crippen MR) is 74.6 cm³/mol. The second-order valence-corrected chi connectivity index (χ2v) is 6.52. The van der Waals surface area contributed by atoms with Crippen molar-refractivity contribution in [1.29, 1.82) is 0 Å². The zero-order valence-electron chi connectivity index (χ0n) is 11.4. The zero-order valence-corrected chi connectivity index (χ0v) is 11.4. The highest BCUT2D eigenvalue weighted by atomic mass is 16.3. The molecular formula is C17H24O. The Balaban J connectivity index is 1.69. The SMILES string of the molecule is CC(O)(CC1CCC1)c1ccc(C2CCC2)cc1. The molecule has 0 aromatic heterocycles. The fourth-order valence-electron chi connectivity index (χ4n) is 3.23. The van der Waals surface area contributed by atoms with E-state index in [1.807, 2.05) is 6.92 Å². The third kappa shape index (κ3) is 2.33. The molecule has 2 aliphatic carbocycles. The number of hydrogen-bond acceptors (Lipinski definition) is 1. The van der Waals surface area contributed by atoms with Gasteiger partial charge in [-0.1, -0.05) is 49.9 Å². The lowest BCUT2D eigenvalue weighted by atomic mass is 9.75. The quantitative estimate of drug-likeness (QED) is 0.834. The minimum Gasteiger partial charge on any atom is -0.385 e. The Labute approximate surface area is 110 Å². The predicted octanol–water partition coefficient (Wildman–Crippen LogP) is 4.35. The Bertz CT molecular complexity index is 396. The number of aliphatic hydroxyl groups is 1. The first kappa shape index (κ1) is 12.2. The van der Waals surface area contributed by atoms with Crippen molar-refractivity contribution in [3.05, 3.63) is 35.4 Å². The van der Waals surface area contributed by atoms with Crippen molar-refractivity contribution in [2.45, 2.75) is 63.4 Å². The molecule has 0 aliphatic heterocycles. The average molecular weight is 244 g/mol. The van der Waals surface area contributed by atoms with Crippen LogP contribution in [-0.4, -0.2) is 5.11 Å². The van der Waals surface area contributed by atoms with Crippen LogP contribution < -0.4 is 0 Å². The molecule has 0 heterocycles. The van der Waals surface area contributed by atoms with Crippen molar-refractivity contribution in [3.63, 3.8) is 0 Å². The molecule has 2 fully saturated rings. The van der Waals surface area contributed by atoms with Gasteiger partial charge in [0.15, 0.2) is 0 Å². The normalized spacial score (nSPS) is 24.1. The Morgan fingerprint density at radius 3 is 2.11 bits per heavy atom. The molecule has 1 aromatic rings. The molecule has 0 spiro atoms. The topological polar surface area (TPSA) is 20.2 Å². The Hall–Kier alpha value is -0.820. The summed E-state index contributed by atoms with van der Waals surface area (Å²) in [5.41, 5.74) is 1.92. The molecule has 0 saturated heterocycles. The maximum Gasteiger partial charge on any atom is 0.0871 e. The zero-order chi connectivity index (χ0) is 12.6. The van der Waals surface area contributed by atoms with Gasteiger partial charge in [0.1, 0.15) is 0 Å². The number of rotatable bonds is 4. The molecule has 2 aliphatic rings. The van der Waals surface area contributed by atoms with Gasteiger partial charge in [0.05, 0.1) is 5.60 Å². The minimum atomic E-state index is -0.636. The summed E-state index contributed by atoms with van der Waals surface area (Å²) in [5.74, 6) is 1.53. The lowest BCUT2D eigenvalue weighted by Gasteiger charge is -2.34. The van der Waals surface area contributed by atoms with Gasteiger partial charge in [-0.2, -0.15) is 0 Å². The standard InChI is InChI=1S/C17H24O/c1-17(18,12-13-4-2-5-13)16-10-8-15(9-11-16)14-6-3-7-14/h8-11,13-14,18H,2-7,12H2,1H3. The maximum atomic E-state index is 10.6. The molecule has 1 atom stereocenters. The Morgan fingerprint density at radius 2 is 1.67 bits per heavy atom. The summed E-state index contributed by atoms with van der Waals surface area (Å²) in [4.78, 5) is 0. The van der Waals surface area contributed by atoms with Gasteiger partial charge in [-0.15, -0.1) is 0 Å². The van der Waals surface area contributed by atoms with Crippen LogP contribution >= 0.6 is 0 Å². The van der Waals surface area contributed by atoms with E-state index < -0.39 is 5.60 Å². The van der Waals surface area contributed by atoms with Crippen LogP contribution in [0.25, 0.3) is 0 Å². The third-order valence-corrected chi connectivity index (χ3v) is 5.02. The van der Waals surface area contributed by atoms with E-state index in [4.69, 9.17) is 0 Å². The first-order valence-electron chi connectivity index (χ1n) is 7.48. The van der Waals surface area contributed by atoms with Gasteiger partial charge < -0.3 is 5.11 Å². The summed E-state index contributed by atoms with van der Waals surface area (Å²) in [7, 11) is 0. The molecule has 1 nitrogen and oxygen atoms in total. The number of hydrogen-bond donors (Lipinski definition) is 1. The molecule has 3 rings (SSSR count). The maximum absolute atomic E-state index is 10.6. The minimum absolute atomic E-state index is 0.636. The largest absolute Gasteiger partial charge is 0.385 e. The molecule has 0 radical (unpaired) electrons. The monoisotopic (exact) mass is 244 g/mol. The van der Waals surface area contributed by atoms with Gasteiger partial charge in [0.25, 0.3) is 0 Å². The lowest BCUT2D eigenvalue weighted by Crippen LogP contribution is -2.28. The van der Waals surface area contributed by atoms with Crippen LogP contribution in [0.2, 0.25) is 0 Å². The fourth-order valence-corrected chi connectivity index (χ4v) is 3.23. The van der Waals surface area contributed by atoms with E-state index >= 15 is 0 Å². The highest BCUT2D eigenvalue weighted by Gasteiger charge is 2.30. The molecule has 18 heavy (non-hydrogen) atoms. The first-order chi connectivity index (χ1) is 8.65. The molecule has 1 heteroatoms. The molecule has 2 saturated carbocycles. The van der Waals surface area contributed by atoms with Crippen LogP contribution in [-0.2, 0) is 5.60 Å². The highest BCUT2D eigenvalue weighted by molar-refractivity contribution is 5.29. The van der Waals surface area contributed by atoms with E-state index in [1.54, 1.807) is 0 Å². The van der Waals surface area contributed by atoms with Crippen LogP contribution in [0.1, 0.15) is 68.9 Å². The Morgan fingerprint density at radius 1 is 1.06 bits per heavy atom. The van der Waals surface area contributed by atoms with Crippen LogP contribution in [0.4, 0.5) is 0 Å². The second-order valence-electron chi connectivity index (χ2n) is 6.52. The van der Waals surface area contributed by atoms with E-state index in [2.05, 4.69) is 24.3 Å². The Kier molecular flexibility index (Phi) is 3.19. The van der Waals surface area contributed by atoms with Crippen molar-refractivity contribution >= 4 is 0 Å². The van der Waals surface area contributed by atoms with Gasteiger partial charge >= 0.3 is 0 Å².